The number of nitrogens with one attached hydrogen (secondary N) is 1. The summed E-state index contributed by atoms with van der Waals surface area (Å²) in [6.07, 6.45) is 0. The molecule has 0 fully saturated rings. The second-order valence-electron chi connectivity index (χ2n) is 6.57. The van der Waals surface area contributed by atoms with Crippen molar-refractivity contribution in [1.29, 1.82) is 0 Å². The van der Waals surface area contributed by atoms with Crippen LogP contribution in [0.5, 0.6) is 0 Å². The van der Waals surface area contributed by atoms with Crippen LogP contribution in [0.15, 0.2) is 58.5 Å². The molecule has 27 heavy (non-hydrogen) atoms. The molecule has 5 nitrogen and oxygen atoms in total. The lowest BCUT2D eigenvalue weighted by atomic mass is 10.1. The largest absolute Gasteiger partial charge is 0.358 e. The molecular weight excluding hydrogens is 358 g/mol. The fourth-order valence-electron chi connectivity index (χ4n) is 3.31. The number of rotatable bonds is 4. The summed E-state index contributed by atoms with van der Waals surface area (Å²) in [4.78, 5) is 33.6. The zero-order valence-corrected chi connectivity index (χ0v) is 16.1. The molecule has 0 radical (unpaired) electrons. The molecule has 4 aromatic rings. The van der Waals surface area contributed by atoms with Crippen LogP contribution in [-0.2, 0) is 7.05 Å². The van der Waals surface area contributed by atoms with E-state index >= 15 is 0 Å². The van der Waals surface area contributed by atoms with E-state index in [1.54, 1.807) is 13.1 Å². The number of benzene rings is 2. The number of H-pyrrole nitrogens is 1. The first-order valence-corrected chi connectivity index (χ1v) is 9.59. The van der Waals surface area contributed by atoms with Gasteiger partial charge in [-0.05, 0) is 32.0 Å². The standard InChI is InChI=1S/C21H19N3O2S/c1-12-18(14-8-4-6-10-16(14)22-12)19(25)13(2)27-21-23-17-11-7-5-9-15(17)20(26)24(21)3/h4-11,13,22H,1-3H3/t13-/m1/s1. The lowest BCUT2D eigenvalue weighted by molar-refractivity contribution is 0.0995. The number of carbonyl (C=O) groups excluding carboxylic acids is 1. The van der Waals surface area contributed by atoms with Gasteiger partial charge in [-0.2, -0.15) is 0 Å². The second-order valence-corrected chi connectivity index (χ2v) is 7.88. The first-order valence-electron chi connectivity index (χ1n) is 8.71. The van der Waals surface area contributed by atoms with Crippen molar-refractivity contribution in [1.82, 2.24) is 14.5 Å². The van der Waals surface area contributed by atoms with Gasteiger partial charge in [-0.25, -0.2) is 4.98 Å². The van der Waals surface area contributed by atoms with E-state index < -0.39 is 0 Å². The molecule has 0 saturated heterocycles. The van der Waals surface area contributed by atoms with E-state index in [1.807, 2.05) is 56.3 Å². The van der Waals surface area contributed by atoms with E-state index in [-0.39, 0.29) is 16.6 Å². The highest BCUT2D eigenvalue weighted by Gasteiger charge is 2.24. The van der Waals surface area contributed by atoms with Crippen LogP contribution in [-0.4, -0.2) is 25.6 Å². The van der Waals surface area contributed by atoms with Crippen molar-refractivity contribution >= 4 is 39.4 Å². The zero-order chi connectivity index (χ0) is 19.1. The molecule has 0 aliphatic heterocycles. The number of hydrogen-bond acceptors (Lipinski definition) is 4. The van der Waals surface area contributed by atoms with Crippen molar-refractivity contribution in [3.8, 4) is 0 Å². The molecule has 2 heterocycles. The maximum Gasteiger partial charge on any atom is 0.261 e. The third-order valence-corrected chi connectivity index (χ3v) is 5.88. The summed E-state index contributed by atoms with van der Waals surface area (Å²) in [5.41, 5.74) is 3.05. The average molecular weight is 377 g/mol. The predicted molar refractivity (Wildman–Crippen MR) is 110 cm³/mol. The normalized spacial score (nSPS) is 12.6. The van der Waals surface area contributed by atoms with Crippen molar-refractivity contribution < 1.29 is 4.79 Å². The molecule has 0 unspecified atom stereocenters. The van der Waals surface area contributed by atoms with Gasteiger partial charge < -0.3 is 4.98 Å². The lowest BCUT2D eigenvalue weighted by Crippen LogP contribution is -2.22. The van der Waals surface area contributed by atoms with Crippen molar-refractivity contribution in [2.24, 2.45) is 7.05 Å². The molecule has 136 valence electrons. The molecule has 1 N–H and O–H groups in total. The number of carbonyl (C=O) groups is 1. The fourth-order valence-corrected chi connectivity index (χ4v) is 4.25. The van der Waals surface area contributed by atoms with Crippen molar-refractivity contribution in [2.45, 2.75) is 24.3 Å². The van der Waals surface area contributed by atoms with Gasteiger partial charge in [0.25, 0.3) is 5.56 Å². The maximum atomic E-state index is 13.1. The molecule has 2 aromatic heterocycles. The third kappa shape index (κ3) is 2.96. The van der Waals surface area contributed by atoms with Gasteiger partial charge in [0.1, 0.15) is 0 Å². The zero-order valence-electron chi connectivity index (χ0n) is 15.3. The summed E-state index contributed by atoms with van der Waals surface area (Å²) in [6, 6.07) is 15.1. The number of fused-ring (bicyclic) bond motifs is 2. The van der Waals surface area contributed by atoms with Crippen LogP contribution < -0.4 is 5.56 Å². The first kappa shape index (κ1) is 17.5. The van der Waals surface area contributed by atoms with Gasteiger partial charge in [-0.15, -0.1) is 0 Å². The van der Waals surface area contributed by atoms with Gasteiger partial charge in [-0.1, -0.05) is 42.1 Å². The molecular formula is C21H19N3O2S. The molecule has 2 aromatic carbocycles. The Kier molecular flexibility index (Phi) is 4.36. The SMILES string of the molecule is Cc1[nH]c2ccccc2c1C(=O)[C@@H](C)Sc1nc2ccccc2c(=O)n1C. The minimum Gasteiger partial charge on any atom is -0.358 e. The summed E-state index contributed by atoms with van der Waals surface area (Å²) >= 11 is 1.31. The van der Waals surface area contributed by atoms with E-state index in [1.165, 1.54) is 16.3 Å². The maximum absolute atomic E-state index is 13.1. The summed E-state index contributed by atoms with van der Waals surface area (Å²) in [6.45, 7) is 3.77. The van der Waals surface area contributed by atoms with E-state index in [4.69, 9.17) is 0 Å². The number of aromatic amines is 1. The second kappa shape index (κ2) is 6.70. The van der Waals surface area contributed by atoms with Crippen LogP contribution in [0.3, 0.4) is 0 Å². The monoisotopic (exact) mass is 377 g/mol. The van der Waals surface area contributed by atoms with Crippen molar-refractivity contribution in [3.05, 3.63) is 70.1 Å². The molecule has 0 amide bonds. The minimum absolute atomic E-state index is 0.0253. The van der Waals surface area contributed by atoms with E-state index in [0.717, 1.165) is 16.6 Å². The smallest absolute Gasteiger partial charge is 0.261 e. The lowest BCUT2D eigenvalue weighted by Gasteiger charge is -2.13. The molecule has 0 saturated carbocycles. The van der Waals surface area contributed by atoms with Crippen LogP contribution in [0.1, 0.15) is 23.0 Å². The van der Waals surface area contributed by atoms with E-state index in [9.17, 15) is 9.59 Å². The number of thioether (sulfide) groups is 1. The average Bonchev–Trinajstić information content (AvgIpc) is 3.01. The molecule has 0 aliphatic carbocycles. The predicted octanol–water partition coefficient (Wildman–Crippen LogP) is 4.09. The highest BCUT2D eigenvalue weighted by molar-refractivity contribution is 8.00. The number of aromatic nitrogens is 3. The van der Waals surface area contributed by atoms with Gasteiger partial charge in [0, 0.05) is 29.2 Å². The Morgan fingerprint density at radius 2 is 1.78 bits per heavy atom. The Hall–Kier alpha value is -2.86. The number of ketones is 1. The van der Waals surface area contributed by atoms with Crippen LogP contribution in [0.2, 0.25) is 0 Å². The van der Waals surface area contributed by atoms with Gasteiger partial charge >= 0.3 is 0 Å². The van der Waals surface area contributed by atoms with Crippen LogP contribution in [0, 0.1) is 6.92 Å². The molecule has 0 bridgehead atoms. The van der Waals surface area contributed by atoms with Crippen LogP contribution >= 0.6 is 11.8 Å². The minimum atomic E-state index is -0.373. The van der Waals surface area contributed by atoms with Gasteiger partial charge in [0.05, 0.1) is 16.2 Å². The highest BCUT2D eigenvalue weighted by atomic mass is 32.2. The fraction of sp³-hybridized carbons (Fsp3) is 0.190. The number of Topliss-reactive ketones (excluding diaryl/α,β-unsaturated/α-hetero) is 1. The number of para-hydroxylation sites is 2. The van der Waals surface area contributed by atoms with E-state index in [2.05, 4.69) is 9.97 Å². The third-order valence-electron chi connectivity index (χ3n) is 4.73. The molecule has 1 atom stereocenters. The number of aryl methyl sites for hydroxylation is 1. The summed E-state index contributed by atoms with van der Waals surface area (Å²) in [5.74, 6) is 0.0253. The van der Waals surface area contributed by atoms with Crippen LogP contribution in [0.25, 0.3) is 21.8 Å². The molecule has 0 spiro atoms. The highest BCUT2D eigenvalue weighted by Crippen LogP contribution is 2.29. The van der Waals surface area contributed by atoms with Crippen molar-refractivity contribution in [2.75, 3.05) is 0 Å². The van der Waals surface area contributed by atoms with Gasteiger partial charge in [0.2, 0.25) is 0 Å². The van der Waals surface area contributed by atoms with Crippen molar-refractivity contribution in [3.63, 3.8) is 0 Å². The topological polar surface area (TPSA) is 67.8 Å². The Bertz CT molecular complexity index is 1240. The molecule has 6 heteroatoms. The Labute approximate surface area is 160 Å². The van der Waals surface area contributed by atoms with Gasteiger partial charge in [-0.3, -0.25) is 14.2 Å². The first-order chi connectivity index (χ1) is 13.0. The number of nitrogens with zero attached hydrogens (tertiary/aromatic N) is 2. The summed E-state index contributed by atoms with van der Waals surface area (Å²) in [7, 11) is 1.69. The molecule has 0 aliphatic rings. The Morgan fingerprint density at radius 1 is 1.11 bits per heavy atom. The number of hydrogen-bond donors (Lipinski definition) is 1. The van der Waals surface area contributed by atoms with E-state index in [0.29, 0.717) is 21.6 Å². The summed E-state index contributed by atoms with van der Waals surface area (Å²) < 4.78 is 1.51. The van der Waals surface area contributed by atoms with Crippen LogP contribution in [0.4, 0.5) is 0 Å². The quantitative estimate of drug-likeness (QED) is 0.330. The molecule has 4 rings (SSSR count). The van der Waals surface area contributed by atoms with Gasteiger partial charge in [0.15, 0.2) is 10.9 Å². The Morgan fingerprint density at radius 3 is 2.56 bits per heavy atom. The summed E-state index contributed by atoms with van der Waals surface area (Å²) in [5, 5.41) is 1.67. The Balaban J connectivity index is 1.72.